The van der Waals surface area contributed by atoms with Gasteiger partial charge in [-0.15, -0.1) is 16.8 Å². The van der Waals surface area contributed by atoms with Crippen molar-refractivity contribution in [3.05, 3.63) is 75.6 Å². The predicted octanol–water partition coefficient (Wildman–Crippen LogP) is 5.81. The van der Waals surface area contributed by atoms with E-state index < -0.39 is 0 Å². The highest BCUT2D eigenvalue weighted by Gasteiger charge is 2.16. The molecule has 0 saturated heterocycles. The molecule has 168 valence electrons. The van der Waals surface area contributed by atoms with Crippen molar-refractivity contribution in [2.75, 3.05) is 11.1 Å². The molecule has 0 aliphatic carbocycles. The second-order valence-electron chi connectivity index (χ2n) is 7.58. The summed E-state index contributed by atoms with van der Waals surface area (Å²) in [6.07, 6.45) is 1.78. The lowest BCUT2D eigenvalue weighted by molar-refractivity contribution is -0.113. The quantitative estimate of drug-likeness (QED) is 0.192. The number of ether oxygens (including phenoxy) is 1. The van der Waals surface area contributed by atoms with E-state index in [9.17, 15) is 4.79 Å². The first-order valence-corrected chi connectivity index (χ1v) is 12.4. The van der Waals surface area contributed by atoms with Crippen LogP contribution in [-0.4, -0.2) is 26.4 Å². The second kappa shape index (κ2) is 11.5. The Morgan fingerprint density at radius 1 is 1.28 bits per heavy atom. The smallest absolute Gasteiger partial charge is 0.234 e. The number of aromatic nitrogens is 3. The average molecular weight is 562 g/mol. The number of benzene rings is 2. The van der Waals surface area contributed by atoms with Crippen molar-refractivity contribution in [3.8, 4) is 5.75 Å². The molecule has 3 aromatic rings. The molecule has 1 heterocycles. The number of carbonyl (C=O) groups excluding carboxylic acids is 1. The number of thioether (sulfide) groups is 1. The molecule has 0 aliphatic rings. The molecular weight excluding hydrogens is 535 g/mol. The molecule has 0 saturated carbocycles. The summed E-state index contributed by atoms with van der Waals surface area (Å²) >= 11 is 3.64. The Balaban J connectivity index is 1.65. The fourth-order valence-corrected chi connectivity index (χ4v) is 4.43. The molecule has 0 radical (unpaired) electrons. The SMILES string of the molecule is C=CCn1c(COc2ccccc2C)nnc1SCC(=O)Nc1ccc(I)cc1C(C)C. The van der Waals surface area contributed by atoms with E-state index in [1.165, 1.54) is 11.8 Å². The van der Waals surface area contributed by atoms with Crippen LogP contribution in [0.4, 0.5) is 5.69 Å². The number of hydrogen-bond donors (Lipinski definition) is 1. The van der Waals surface area contributed by atoms with Gasteiger partial charge in [0.1, 0.15) is 12.4 Å². The zero-order chi connectivity index (χ0) is 23.1. The molecule has 0 aliphatic heterocycles. The summed E-state index contributed by atoms with van der Waals surface area (Å²) in [4.78, 5) is 12.6. The highest BCUT2D eigenvalue weighted by atomic mass is 127. The Kier molecular flexibility index (Phi) is 8.75. The monoisotopic (exact) mass is 562 g/mol. The second-order valence-corrected chi connectivity index (χ2v) is 9.76. The summed E-state index contributed by atoms with van der Waals surface area (Å²) < 4.78 is 9.00. The molecule has 0 bridgehead atoms. The Labute approximate surface area is 207 Å². The maximum absolute atomic E-state index is 12.6. The number of anilines is 1. The molecule has 6 nitrogen and oxygen atoms in total. The van der Waals surface area contributed by atoms with Crippen molar-refractivity contribution in [2.45, 2.75) is 45.0 Å². The third-order valence-corrected chi connectivity index (χ3v) is 6.44. The van der Waals surface area contributed by atoms with E-state index in [-0.39, 0.29) is 11.7 Å². The van der Waals surface area contributed by atoms with Gasteiger partial charge in [-0.2, -0.15) is 0 Å². The Bertz CT molecular complexity index is 1100. The number of allylic oxidation sites excluding steroid dienone is 1. The largest absolute Gasteiger partial charge is 0.485 e. The lowest BCUT2D eigenvalue weighted by Crippen LogP contribution is -2.16. The molecule has 8 heteroatoms. The van der Waals surface area contributed by atoms with Crippen molar-refractivity contribution in [2.24, 2.45) is 0 Å². The first-order chi connectivity index (χ1) is 15.4. The minimum Gasteiger partial charge on any atom is -0.485 e. The number of nitrogens with zero attached hydrogens (tertiary/aromatic N) is 3. The van der Waals surface area contributed by atoms with Gasteiger partial charge < -0.3 is 10.1 Å². The Morgan fingerprint density at radius 3 is 2.78 bits per heavy atom. The van der Waals surface area contributed by atoms with Gasteiger partial charge in [-0.05, 0) is 70.8 Å². The van der Waals surface area contributed by atoms with E-state index in [1.54, 1.807) is 6.08 Å². The molecule has 0 fully saturated rings. The van der Waals surface area contributed by atoms with Gasteiger partial charge in [0.25, 0.3) is 0 Å². The third-order valence-electron chi connectivity index (χ3n) is 4.80. The summed E-state index contributed by atoms with van der Waals surface area (Å²) in [5.74, 6) is 1.98. The number of halogens is 1. The molecule has 0 spiro atoms. The van der Waals surface area contributed by atoms with Crippen LogP contribution in [-0.2, 0) is 17.9 Å². The van der Waals surface area contributed by atoms with Gasteiger partial charge in [-0.1, -0.05) is 49.9 Å². The highest BCUT2D eigenvalue weighted by Crippen LogP contribution is 2.27. The summed E-state index contributed by atoms with van der Waals surface area (Å²) in [6.45, 7) is 10.9. The van der Waals surface area contributed by atoms with Gasteiger partial charge in [-0.3, -0.25) is 9.36 Å². The van der Waals surface area contributed by atoms with Crippen LogP contribution in [0.25, 0.3) is 0 Å². The molecule has 2 aromatic carbocycles. The minimum atomic E-state index is -0.0797. The topological polar surface area (TPSA) is 69.0 Å². The van der Waals surface area contributed by atoms with Crippen LogP contribution in [0, 0.1) is 10.5 Å². The fraction of sp³-hybridized carbons (Fsp3) is 0.292. The summed E-state index contributed by atoms with van der Waals surface area (Å²) in [5.41, 5.74) is 3.04. The maximum Gasteiger partial charge on any atom is 0.234 e. The number of aryl methyl sites for hydroxylation is 1. The van der Waals surface area contributed by atoms with Gasteiger partial charge in [0.15, 0.2) is 11.0 Å². The van der Waals surface area contributed by atoms with Crippen molar-refractivity contribution >= 4 is 45.9 Å². The molecular formula is C24H27IN4O2S. The number of amides is 1. The van der Waals surface area contributed by atoms with Crippen molar-refractivity contribution in [1.82, 2.24) is 14.8 Å². The average Bonchev–Trinajstić information content (AvgIpc) is 3.14. The van der Waals surface area contributed by atoms with Crippen LogP contribution in [0.1, 0.15) is 36.7 Å². The van der Waals surface area contributed by atoms with Crippen LogP contribution in [0.3, 0.4) is 0 Å². The molecule has 1 N–H and O–H groups in total. The zero-order valence-electron chi connectivity index (χ0n) is 18.5. The van der Waals surface area contributed by atoms with E-state index in [2.05, 4.69) is 64.6 Å². The summed E-state index contributed by atoms with van der Waals surface area (Å²) in [5, 5.41) is 12.2. The van der Waals surface area contributed by atoms with Crippen LogP contribution >= 0.6 is 34.4 Å². The third kappa shape index (κ3) is 6.35. The molecule has 1 aromatic heterocycles. The van der Waals surface area contributed by atoms with E-state index in [4.69, 9.17) is 4.74 Å². The van der Waals surface area contributed by atoms with Crippen LogP contribution in [0.5, 0.6) is 5.75 Å². The van der Waals surface area contributed by atoms with Crippen LogP contribution < -0.4 is 10.1 Å². The summed E-state index contributed by atoms with van der Waals surface area (Å²) in [6, 6.07) is 13.9. The van der Waals surface area contributed by atoms with Crippen LogP contribution in [0.2, 0.25) is 0 Å². The van der Waals surface area contributed by atoms with E-state index in [0.717, 1.165) is 26.1 Å². The van der Waals surface area contributed by atoms with Gasteiger partial charge in [0.2, 0.25) is 5.91 Å². The predicted molar refractivity (Wildman–Crippen MR) is 138 cm³/mol. The zero-order valence-corrected chi connectivity index (χ0v) is 21.4. The lowest BCUT2D eigenvalue weighted by atomic mass is 10.0. The first kappa shape index (κ1) is 24.3. The van der Waals surface area contributed by atoms with Gasteiger partial charge in [-0.25, -0.2) is 0 Å². The highest BCUT2D eigenvalue weighted by molar-refractivity contribution is 14.1. The van der Waals surface area contributed by atoms with Crippen molar-refractivity contribution in [1.29, 1.82) is 0 Å². The van der Waals surface area contributed by atoms with Gasteiger partial charge in [0, 0.05) is 15.8 Å². The summed E-state index contributed by atoms with van der Waals surface area (Å²) in [7, 11) is 0. The van der Waals surface area contributed by atoms with Gasteiger partial charge in [0.05, 0.1) is 5.75 Å². The fourth-order valence-electron chi connectivity index (χ4n) is 3.15. The lowest BCUT2D eigenvalue weighted by Gasteiger charge is -2.14. The normalized spacial score (nSPS) is 10.9. The Morgan fingerprint density at radius 2 is 2.06 bits per heavy atom. The molecule has 3 rings (SSSR count). The maximum atomic E-state index is 12.6. The number of hydrogen-bond acceptors (Lipinski definition) is 5. The Hall–Kier alpha value is -2.33. The molecule has 0 atom stereocenters. The number of nitrogens with one attached hydrogen (secondary N) is 1. The van der Waals surface area contributed by atoms with E-state index in [1.807, 2.05) is 47.9 Å². The van der Waals surface area contributed by atoms with E-state index >= 15 is 0 Å². The first-order valence-electron chi connectivity index (χ1n) is 10.3. The number of para-hydroxylation sites is 1. The molecule has 0 unspecified atom stereocenters. The van der Waals surface area contributed by atoms with Crippen molar-refractivity contribution in [3.63, 3.8) is 0 Å². The number of carbonyl (C=O) groups is 1. The van der Waals surface area contributed by atoms with Gasteiger partial charge >= 0.3 is 0 Å². The molecule has 1 amide bonds. The molecule has 32 heavy (non-hydrogen) atoms. The standard InChI is InChI=1S/C24H27IN4O2S/c1-5-12-29-22(14-31-21-9-7-6-8-17(21)4)27-28-24(29)32-15-23(30)26-20-11-10-18(25)13-19(20)16(2)3/h5-11,13,16H,1,12,14-15H2,2-4H3,(H,26,30). The minimum absolute atomic E-state index is 0.0797. The number of rotatable bonds is 10. The van der Waals surface area contributed by atoms with Crippen LogP contribution in [0.15, 0.2) is 60.3 Å². The van der Waals surface area contributed by atoms with Crippen molar-refractivity contribution < 1.29 is 9.53 Å². The van der Waals surface area contributed by atoms with E-state index in [0.29, 0.717) is 30.1 Å².